The summed E-state index contributed by atoms with van der Waals surface area (Å²) in [4.78, 5) is 7.09. The summed E-state index contributed by atoms with van der Waals surface area (Å²) >= 11 is 5.91. The Morgan fingerprint density at radius 3 is 3.00 bits per heavy atom. The summed E-state index contributed by atoms with van der Waals surface area (Å²) in [7, 11) is -3.63. The molecule has 2 aromatic rings. The first-order valence-electron chi connectivity index (χ1n) is 7.06. The van der Waals surface area contributed by atoms with E-state index in [9.17, 15) is 8.42 Å². The Labute approximate surface area is 134 Å². The number of aromatic amines is 1. The molecule has 0 bridgehead atoms. The smallest absolute Gasteiger partial charge is 0.242 e. The Kier molecular flexibility index (Phi) is 3.92. The van der Waals surface area contributed by atoms with Gasteiger partial charge in [-0.15, -0.1) is 0 Å². The maximum absolute atomic E-state index is 12.5. The van der Waals surface area contributed by atoms with Crippen LogP contribution in [0.3, 0.4) is 0 Å². The molecule has 0 aromatic carbocycles. The van der Waals surface area contributed by atoms with Crippen molar-refractivity contribution < 1.29 is 13.2 Å². The van der Waals surface area contributed by atoms with Gasteiger partial charge >= 0.3 is 0 Å². The number of fused-ring (bicyclic) bond motifs is 1. The molecular weight excluding hydrogens is 326 g/mol. The fourth-order valence-electron chi connectivity index (χ4n) is 2.74. The Bertz CT molecular complexity index is 801. The summed E-state index contributed by atoms with van der Waals surface area (Å²) in [6.07, 6.45) is 3.76. The van der Waals surface area contributed by atoms with Crippen LogP contribution >= 0.6 is 11.6 Å². The highest BCUT2D eigenvalue weighted by Gasteiger charge is 2.36. The molecule has 0 aliphatic carbocycles. The highest BCUT2D eigenvalue weighted by molar-refractivity contribution is 7.89. The minimum Gasteiger partial charge on any atom is -0.375 e. The summed E-state index contributed by atoms with van der Waals surface area (Å²) in [5, 5.41) is 0.885. The number of nitrogens with zero attached hydrogens (tertiary/aromatic N) is 1. The van der Waals surface area contributed by atoms with Gasteiger partial charge in [-0.2, -0.15) is 0 Å². The highest BCUT2D eigenvalue weighted by Crippen LogP contribution is 2.31. The number of H-pyrrole nitrogens is 1. The van der Waals surface area contributed by atoms with Gasteiger partial charge in [0, 0.05) is 36.8 Å². The molecule has 1 unspecified atom stereocenters. The molecule has 0 spiro atoms. The van der Waals surface area contributed by atoms with E-state index in [0.29, 0.717) is 29.2 Å². The summed E-state index contributed by atoms with van der Waals surface area (Å²) < 4.78 is 33.4. The molecule has 1 aliphatic rings. The van der Waals surface area contributed by atoms with Crippen LogP contribution in [0.2, 0.25) is 5.02 Å². The maximum Gasteiger partial charge on any atom is 0.242 e. The number of ether oxygens (including phenoxy) is 1. The lowest BCUT2D eigenvalue weighted by Gasteiger charge is -2.25. The van der Waals surface area contributed by atoms with E-state index >= 15 is 0 Å². The number of pyridine rings is 1. The van der Waals surface area contributed by atoms with E-state index < -0.39 is 10.0 Å². The third-order valence-electron chi connectivity index (χ3n) is 4.19. The molecule has 2 N–H and O–H groups in total. The third kappa shape index (κ3) is 2.86. The predicted molar refractivity (Wildman–Crippen MR) is 84.4 cm³/mol. The molecule has 0 radical (unpaired) electrons. The van der Waals surface area contributed by atoms with Crippen LogP contribution < -0.4 is 4.72 Å². The minimum absolute atomic E-state index is 0.147. The van der Waals surface area contributed by atoms with Crippen molar-refractivity contribution in [2.75, 3.05) is 13.2 Å². The third-order valence-corrected chi connectivity index (χ3v) is 5.86. The maximum atomic E-state index is 12.5. The van der Waals surface area contributed by atoms with E-state index in [0.717, 1.165) is 6.42 Å². The zero-order valence-electron chi connectivity index (χ0n) is 12.4. The van der Waals surface area contributed by atoms with Gasteiger partial charge in [0.1, 0.15) is 10.5 Å². The average Bonchev–Trinajstić information content (AvgIpc) is 2.99. The molecule has 1 saturated heterocycles. The quantitative estimate of drug-likeness (QED) is 0.892. The van der Waals surface area contributed by atoms with Crippen LogP contribution in [0.5, 0.6) is 0 Å². The first-order valence-corrected chi connectivity index (χ1v) is 8.92. The summed E-state index contributed by atoms with van der Waals surface area (Å²) in [5.74, 6) is 0.147. The first-order chi connectivity index (χ1) is 10.3. The zero-order chi connectivity index (χ0) is 16.0. The van der Waals surface area contributed by atoms with Crippen molar-refractivity contribution in [2.24, 2.45) is 5.92 Å². The Morgan fingerprint density at radius 1 is 1.55 bits per heavy atom. The van der Waals surface area contributed by atoms with Crippen molar-refractivity contribution in [3.05, 3.63) is 23.5 Å². The second-order valence-corrected chi connectivity index (χ2v) is 8.16. The van der Waals surface area contributed by atoms with Gasteiger partial charge in [-0.05, 0) is 26.3 Å². The SMILES string of the molecule is CC1(C)OCCC1CNS(=O)(=O)c1c[nH]c2ncc(Cl)cc12. The van der Waals surface area contributed by atoms with Gasteiger partial charge in [0.15, 0.2) is 0 Å². The molecule has 1 fully saturated rings. The number of nitrogens with one attached hydrogen (secondary N) is 2. The lowest BCUT2D eigenvalue weighted by atomic mass is 9.91. The average molecular weight is 344 g/mol. The van der Waals surface area contributed by atoms with E-state index in [4.69, 9.17) is 16.3 Å². The molecule has 0 amide bonds. The lowest BCUT2D eigenvalue weighted by molar-refractivity contribution is 0.0125. The molecule has 2 aromatic heterocycles. The first kappa shape index (κ1) is 15.7. The molecule has 1 aliphatic heterocycles. The number of hydrogen-bond donors (Lipinski definition) is 2. The monoisotopic (exact) mass is 343 g/mol. The van der Waals surface area contributed by atoms with Crippen molar-refractivity contribution in [1.82, 2.24) is 14.7 Å². The Morgan fingerprint density at radius 2 is 2.32 bits per heavy atom. The molecule has 8 heteroatoms. The summed E-state index contributed by atoms with van der Waals surface area (Å²) in [5.41, 5.74) is 0.183. The van der Waals surface area contributed by atoms with Gasteiger partial charge in [0.05, 0.1) is 10.6 Å². The van der Waals surface area contributed by atoms with E-state index in [1.807, 2.05) is 13.8 Å². The topological polar surface area (TPSA) is 84.1 Å². The van der Waals surface area contributed by atoms with Crippen LogP contribution in [0.1, 0.15) is 20.3 Å². The molecule has 1 atom stereocenters. The zero-order valence-corrected chi connectivity index (χ0v) is 14.0. The number of halogens is 1. The van der Waals surface area contributed by atoms with Gasteiger partial charge in [-0.1, -0.05) is 11.6 Å². The van der Waals surface area contributed by atoms with Crippen LogP contribution in [0, 0.1) is 5.92 Å². The number of hydrogen-bond acceptors (Lipinski definition) is 4. The Hall–Kier alpha value is -1.15. The van der Waals surface area contributed by atoms with Crippen molar-refractivity contribution in [3.8, 4) is 0 Å². The van der Waals surface area contributed by atoms with Crippen molar-refractivity contribution in [3.63, 3.8) is 0 Å². The fourth-order valence-corrected chi connectivity index (χ4v) is 4.13. The molecular formula is C14H18ClN3O3S. The molecule has 0 saturated carbocycles. The normalized spacial score (nSPS) is 21.5. The van der Waals surface area contributed by atoms with Gasteiger partial charge in [0.25, 0.3) is 0 Å². The second-order valence-electron chi connectivity index (χ2n) is 5.99. The molecule has 6 nitrogen and oxygen atoms in total. The number of aromatic nitrogens is 2. The molecule has 120 valence electrons. The molecule has 3 heterocycles. The van der Waals surface area contributed by atoms with E-state index in [2.05, 4.69) is 14.7 Å². The van der Waals surface area contributed by atoms with Crippen LogP contribution in [0.4, 0.5) is 0 Å². The lowest BCUT2D eigenvalue weighted by Crippen LogP contribution is -2.37. The van der Waals surface area contributed by atoms with Crippen LogP contribution in [0.25, 0.3) is 11.0 Å². The molecule has 22 heavy (non-hydrogen) atoms. The second kappa shape index (κ2) is 5.49. The van der Waals surface area contributed by atoms with Gasteiger partial charge in [-0.25, -0.2) is 18.1 Å². The van der Waals surface area contributed by atoms with E-state index in [1.54, 1.807) is 6.07 Å². The van der Waals surface area contributed by atoms with Crippen molar-refractivity contribution in [2.45, 2.75) is 30.8 Å². The van der Waals surface area contributed by atoms with Crippen LogP contribution in [-0.2, 0) is 14.8 Å². The van der Waals surface area contributed by atoms with Crippen molar-refractivity contribution >= 4 is 32.7 Å². The minimum atomic E-state index is -3.63. The number of sulfonamides is 1. The fraction of sp³-hybridized carbons (Fsp3) is 0.500. The van der Waals surface area contributed by atoms with Crippen LogP contribution in [-0.4, -0.2) is 37.1 Å². The predicted octanol–water partition coefficient (Wildman–Crippen LogP) is 2.31. The van der Waals surface area contributed by atoms with Gasteiger partial charge < -0.3 is 9.72 Å². The van der Waals surface area contributed by atoms with Crippen LogP contribution in [0.15, 0.2) is 23.4 Å². The Balaban J connectivity index is 1.84. The van der Waals surface area contributed by atoms with E-state index in [-0.39, 0.29) is 16.4 Å². The highest BCUT2D eigenvalue weighted by atomic mass is 35.5. The summed E-state index contributed by atoms with van der Waals surface area (Å²) in [6, 6.07) is 1.59. The standard InChI is InChI=1S/C14H18ClN3O3S/c1-14(2)9(3-4-21-14)6-18-22(19,20)12-8-17-13-11(12)5-10(15)7-16-13/h5,7-9,18H,3-4,6H2,1-2H3,(H,16,17). The summed E-state index contributed by atoms with van der Waals surface area (Å²) in [6.45, 7) is 4.96. The van der Waals surface area contributed by atoms with Gasteiger partial charge in [0.2, 0.25) is 10.0 Å². The number of rotatable bonds is 4. The van der Waals surface area contributed by atoms with Crippen molar-refractivity contribution in [1.29, 1.82) is 0 Å². The van der Waals surface area contributed by atoms with E-state index in [1.165, 1.54) is 12.4 Å². The molecule has 3 rings (SSSR count). The van der Waals surface area contributed by atoms with Gasteiger partial charge in [-0.3, -0.25) is 0 Å². The largest absolute Gasteiger partial charge is 0.375 e.